The van der Waals surface area contributed by atoms with E-state index in [0.29, 0.717) is 16.6 Å². The predicted octanol–water partition coefficient (Wildman–Crippen LogP) is 2.46. The van der Waals surface area contributed by atoms with Crippen molar-refractivity contribution in [1.29, 1.82) is 0 Å². The lowest BCUT2D eigenvalue weighted by atomic mass is 10.1. The Morgan fingerprint density at radius 2 is 2.30 bits per heavy atom. The van der Waals surface area contributed by atoms with E-state index >= 15 is 0 Å². The summed E-state index contributed by atoms with van der Waals surface area (Å²) in [7, 11) is 0. The Kier molecular flexibility index (Phi) is 3.63. The van der Waals surface area contributed by atoms with E-state index in [1.807, 2.05) is 30.5 Å². The number of nitrogens with one attached hydrogen (secondary N) is 1. The van der Waals surface area contributed by atoms with Gasteiger partial charge in [-0.2, -0.15) is 5.10 Å². The molecule has 0 saturated carbocycles. The van der Waals surface area contributed by atoms with Crippen molar-refractivity contribution < 1.29 is 0 Å². The van der Waals surface area contributed by atoms with E-state index in [0.717, 1.165) is 48.6 Å². The molecule has 6 nitrogen and oxygen atoms in total. The smallest absolute Gasteiger partial charge is 0.177 e. The van der Waals surface area contributed by atoms with Crippen LogP contribution in [0.3, 0.4) is 0 Å². The third-order valence-electron chi connectivity index (χ3n) is 4.30. The maximum Gasteiger partial charge on any atom is 0.177 e. The molecule has 23 heavy (non-hydrogen) atoms. The van der Waals surface area contributed by atoms with Crippen LogP contribution in [-0.4, -0.2) is 39.8 Å². The topological polar surface area (TPSA) is 83.7 Å². The van der Waals surface area contributed by atoms with Gasteiger partial charge >= 0.3 is 0 Å². The summed E-state index contributed by atoms with van der Waals surface area (Å²) in [5.74, 6) is 1.41. The lowest BCUT2D eigenvalue weighted by Gasteiger charge is -2.16. The number of hydrogen-bond donors (Lipinski definition) is 2. The number of benzene rings is 1. The lowest BCUT2D eigenvalue weighted by Crippen LogP contribution is -2.23. The maximum atomic E-state index is 6.06. The number of aromatic nitrogens is 4. The molecule has 0 aliphatic carbocycles. The number of H-pyrrole nitrogens is 1. The summed E-state index contributed by atoms with van der Waals surface area (Å²) in [6.07, 6.45) is 2.91. The van der Waals surface area contributed by atoms with Crippen molar-refractivity contribution in [3.05, 3.63) is 35.5 Å². The average Bonchev–Trinajstić information content (AvgIpc) is 3.21. The van der Waals surface area contributed by atoms with Crippen molar-refractivity contribution in [2.45, 2.75) is 6.42 Å². The second kappa shape index (κ2) is 5.79. The summed E-state index contributed by atoms with van der Waals surface area (Å²) >= 11 is 6.06. The predicted molar refractivity (Wildman–Crippen MR) is 91.5 cm³/mol. The van der Waals surface area contributed by atoms with Crippen molar-refractivity contribution >= 4 is 28.6 Å². The molecule has 3 heterocycles. The summed E-state index contributed by atoms with van der Waals surface area (Å²) in [5, 5.41) is 8.01. The van der Waals surface area contributed by atoms with Gasteiger partial charge in [-0.1, -0.05) is 23.7 Å². The van der Waals surface area contributed by atoms with Gasteiger partial charge in [0.2, 0.25) is 0 Å². The van der Waals surface area contributed by atoms with Gasteiger partial charge in [0, 0.05) is 23.7 Å². The van der Waals surface area contributed by atoms with E-state index in [9.17, 15) is 0 Å². The first kappa shape index (κ1) is 14.4. The largest absolute Gasteiger partial charge is 0.355 e. The molecule has 0 spiro atoms. The van der Waals surface area contributed by atoms with Gasteiger partial charge in [0.15, 0.2) is 5.65 Å². The van der Waals surface area contributed by atoms with Gasteiger partial charge in [-0.25, -0.2) is 9.97 Å². The average molecular weight is 329 g/mol. The van der Waals surface area contributed by atoms with Crippen LogP contribution < -0.4 is 10.6 Å². The molecule has 1 aliphatic rings. The zero-order valence-corrected chi connectivity index (χ0v) is 13.3. The minimum absolute atomic E-state index is 0.538. The van der Waals surface area contributed by atoms with Crippen LogP contribution in [0.4, 0.5) is 5.82 Å². The summed E-state index contributed by atoms with van der Waals surface area (Å²) in [5.41, 5.74) is 8.89. The first-order chi connectivity index (χ1) is 11.2. The molecule has 0 bridgehead atoms. The SMILES string of the molecule is NCC1CCN(c2cnc3c(-c4cccc(Cl)c4)n[nH]c3n2)C1. The highest BCUT2D eigenvalue weighted by molar-refractivity contribution is 6.30. The molecule has 0 amide bonds. The van der Waals surface area contributed by atoms with Crippen molar-refractivity contribution in [2.75, 3.05) is 24.5 Å². The van der Waals surface area contributed by atoms with Crippen LogP contribution in [0, 0.1) is 5.92 Å². The van der Waals surface area contributed by atoms with Crippen LogP contribution in [0.1, 0.15) is 6.42 Å². The summed E-state index contributed by atoms with van der Waals surface area (Å²) in [4.78, 5) is 11.5. The van der Waals surface area contributed by atoms with Crippen LogP contribution in [0.15, 0.2) is 30.5 Å². The Labute approximate surface area is 138 Å². The quantitative estimate of drug-likeness (QED) is 0.771. The molecular formula is C16H17ClN6. The third-order valence-corrected chi connectivity index (χ3v) is 4.53. The van der Waals surface area contributed by atoms with Gasteiger partial charge in [0.25, 0.3) is 0 Å². The standard InChI is InChI=1S/C16H17ClN6/c17-12-3-1-2-11(6-12)14-15-16(22-21-14)20-13(8-19-15)23-5-4-10(7-18)9-23/h1-3,6,8,10H,4-5,7,9,18H2,(H,20,21,22). The summed E-state index contributed by atoms with van der Waals surface area (Å²) in [6.45, 7) is 2.62. The van der Waals surface area contributed by atoms with Gasteiger partial charge in [-0.05, 0) is 31.0 Å². The highest BCUT2D eigenvalue weighted by Gasteiger charge is 2.23. The van der Waals surface area contributed by atoms with E-state index in [-0.39, 0.29) is 0 Å². The van der Waals surface area contributed by atoms with E-state index in [2.05, 4.69) is 25.1 Å². The molecule has 1 fully saturated rings. The van der Waals surface area contributed by atoms with E-state index in [4.69, 9.17) is 17.3 Å². The second-order valence-corrected chi connectivity index (χ2v) is 6.28. The zero-order chi connectivity index (χ0) is 15.8. The Balaban J connectivity index is 1.69. The Morgan fingerprint density at radius 3 is 3.09 bits per heavy atom. The second-order valence-electron chi connectivity index (χ2n) is 5.84. The van der Waals surface area contributed by atoms with Gasteiger partial charge in [-0.15, -0.1) is 0 Å². The summed E-state index contributed by atoms with van der Waals surface area (Å²) < 4.78 is 0. The van der Waals surface area contributed by atoms with Crippen molar-refractivity contribution in [3.8, 4) is 11.3 Å². The number of hydrogen-bond acceptors (Lipinski definition) is 5. The lowest BCUT2D eigenvalue weighted by molar-refractivity contribution is 0.602. The fourth-order valence-electron chi connectivity index (χ4n) is 3.02. The van der Waals surface area contributed by atoms with Crippen LogP contribution in [0.25, 0.3) is 22.4 Å². The van der Waals surface area contributed by atoms with Crippen molar-refractivity contribution in [1.82, 2.24) is 20.2 Å². The third kappa shape index (κ3) is 2.64. The number of rotatable bonds is 3. The highest BCUT2D eigenvalue weighted by Crippen LogP contribution is 2.28. The number of fused-ring (bicyclic) bond motifs is 1. The normalized spacial score (nSPS) is 18.0. The van der Waals surface area contributed by atoms with Crippen LogP contribution >= 0.6 is 11.6 Å². The fraction of sp³-hybridized carbons (Fsp3) is 0.312. The molecule has 7 heteroatoms. The Hall–Kier alpha value is -2.18. The molecule has 1 aliphatic heterocycles. The minimum Gasteiger partial charge on any atom is -0.355 e. The zero-order valence-electron chi connectivity index (χ0n) is 12.5. The maximum absolute atomic E-state index is 6.06. The first-order valence-corrected chi connectivity index (χ1v) is 8.04. The first-order valence-electron chi connectivity index (χ1n) is 7.66. The Morgan fingerprint density at radius 1 is 1.39 bits per heavy atom. The van der Waals surface area contributed by atoms with Crippen molar-refractivity contribution in [2.24, 2.45) is 11.7 Å². The molecule has 1 atom stereocenters. The van der Waals surface area contributed by atoms with Gasteiger partial charge in [0.1, 0.15) is 17.0 Å². The van der Waals surface area contributed by atoms with E-state index < -0.39 is 0 Å². The fourth-order valence-corrected chi connectivity index (χ4v) is 3.21. The molecule has 1 saturated heterocycles. The number of anilines is 1. The van der Waals surface area contributed by atoms with E-state index in [1.165, 1.54) is 0 Å². The Bertz CT molecular complexity index is 845. The number of halogens is 1. The minimum atomic E-state index is 0.538. The molecule has 3 aromatic rings. The van der Waals surface area contributed by atoms with Crippen LogP contribution in [-0.2, 0) is 0 Å². The number of nitrogens with zero attached hydrogens (tertiary/aromatic N) is 4. The summed E-state index contributed by atoms with van der Waals surface area (Å²) in [6, 6.07) is 7.57. The van der Waals surface area contributed by atoms with E-state index in [1.54, 1.807) is 0 Å². The van der Waals surface area contributed by atoms with Gasteiger partial charge in [-0.3, -0.25) is 5.10 Å². The number of nitrogens with two attached hydrogens (primary N) is 1. The molecule has 1 aromatic carbocycles. The van der Waals surface area contributed by atoms with Gasteiger partial charge < -0.3 is 10.6 Å². The molecular weight excluding hydrogens is 312 g/mol. The molecule has 1 unspecified atom stereocenters. The van der Waals surface area contributed by atoms with Crippen LogP contribution in [0.5, 0.6) is 0 Å². The molecule has 0 radical (unpaired) electrons. The van der Waals surface area contributed by atoms with Crippen LogP contribution in [0.2, 0.25) is 5.02 Å². The molecule has 2 aromatic heterocycles. The molecule has 3 N–H and O–H groups in total. The number of aromatic amines is 1. The monoisotopic (exact) mass is 328 g/mol. The highest BCUT2D eigenvalue weighted by atomic mass is 35.5. The molecule has 118 valence electrons. The molecule has 4 rings (SSSR count). The van der Waals surface area contributed by atoms with Crippen molar-refractivity contribution in [3.63, 3.8) is 0 Å². The van der Waals surface area contributed by atoms with Gasteiger partial charge in [0.05, 0.1) is 6.20 Å².